The summed E-state index contributed by atoms with van der Waals surface area (Å²) in [6.07, 6.45) is 0. The summed E-state index contributed by atoms with van der Waals surface area (Å²) in [5, 5.41) is 5.39. The summed E-state index contributed by atoms with van der Waals surface area (Å²) in [7, 11) is -2.16. The van der Waals surface area contributed by atoms with Crippen molar-refractivity contribution in [2.24, 2.45) is 0 Å². The third kappa shape index (κ3) is 7.51. The molecule has 10 nitrogen and oxygen atoms in total. The molecule has 2 aromatic rings. The molecule has 186 valence electrons. The maximum atomic E-state index is 13.1. The van der Waals surface area contributed by atoms with E-state index in [0.29, 0.717) is 31.2 Å². The second-order valence-electron chi connectivity index (χ2n) is 7.62. The first-order valence-corrected chi connectivity index (χ1v) is 12.5. The van der Waals surface area contributed by atoms with Crippen LogP contribution in [0.5, 0.6) is 5.75 Å². The van der Waals surface area contributed by atoms with Gasteiger partial charge in [-0.2, -0.15) is 4.31 Å². The summed E-state index contributed by atoms with van der Waals surface area (Å²) in [5.74, 6) is -0.0217. The molecule has 11 heteroatoms. The van der Waals surface area contributed by atoms with Gasteiger partial charge in [0, 0.05) is 24.5 Å². The summed E-state index contributed by atoms with van der Waals surface area (Å²) < 4.78 is 33.0. The Balaban J connectivity index is 2.06. The van der Waals surface area contributed by atoms with Crippen LogP contribution < -0.4 is 15.4 Å². The Kier molecular flexibility index (Phi) is 9.97. The van der Waals surface area contributed by atoms with Crippen molar-refractivity contribution in [3.63, 3.8) is 0 Å². The van der Waals surface area contributed by atoms with Gasteiger partial charge in [-0.1, -0.05) is 19.9 Å². The van der Waals surface area contributed by atoms with Crippen LogP contribution in [0.4, 0.5) is 11.5 Å². The summed E-state index contributed by atoms with van der Waals surface area (Å²) in [6.45, 7) is 7.95. The topological polar surface area (TPSA) is 121 Å². The smallest absolute Gasteiger partial charge is 0.246 e. The highest BCUT2D eigenvalue weighted by atomic mass is 32.2. The van der Waals surface area contributed by atoms with E-state index in [0.717, 1.165) is 5.69 Å². The van der Waals surface area contributed by atoms with Crippen molar-refractivity contribution in [3.05, 3.63) is 42.1 Å². The van der Waals surface area contributed by atoms with Crippen LogP contribution in [-0.4, -0.2) is 74.3 Å². The molecule has 0 saturated heterocycles. The number of aromatic nitrogens is 1. The fraction of sp³-hybridized carbons (Fsp3) is 0.435. The normalized spacial score (nSPS) is 11.5. The molecule has 0 spiro atoms. The number of aryl methyl sites for hydroxylation is 1. The summed E-state index contributed by atoms with van der Waals surface area (Å²) in [6, 6.07) is 9.81. The van der Waals surface area contributed by atoms with Crippen LogP contribution in [0.1, 0.15) is 26.5 Å². The molecule has 2 rings (SSSR count). The lowest BCUT2D eigenvalue weighted by Gasteiger charge is -2.21. The number of sulfonamides is 1. The number of likely N-dealkylation sites (N-methyl/N-ethyl adjacent to an activating group) is 1. The summed E-state index contributed by atoms with van der Waals surface area (Å²) >= 11 is 0. The molecule has 1 heterocycles. The number of ether oxygens (including phenoxy) is 1. The van der Waals surface area contributed by atoms with Crippen LogP contribution in [0.2, 0.25) is 0 Å². The molecule has 0 bridgehead atoms. The monoisotopic (exact) mass is 491 g/mol. The largest absolute Gasteiger partial charge is 0.492 e. The average molecular weight is 492 g/mol. The Labute approximate surface area is 201 Å². The third-order valence-corrected chi connectivity index (χ3v) is 6.90. The van der Waals surface area contributed by atoms with Crippen molar-refractivity contribution in [1.29, 1.82) is 0 Å². The number of anilines is 2. The van der Waals surface area contributed by atoms with Gasteiger partial charge < -0.3 is 15.4 Å². The molecular weight excluding hydrogens is 458 g/mol. The molecule has 2 amide bonds. The number of carbonyl (C=O) groups is 2. The van der Waals surface area contributed by atoms with Gasteiger partial charge in [0.25, 0.3) is 0 Å². The molecule has 0 aliphatic carbocycles. The first kappa shape index (κ1) is 27.2. The van der Waals surface area contributed by atoms with Gasteiger partial charge in [-0.05, 0) is 51.2 Å². The van der Waals surface area contributed by atoms with Crippen molar-refractivity contribution in [1.82, 2.24) is 14.2 Å². The van der Waals surface area contributed by atoms with Crippen LogP contribution in [-0.2, 0) is 19.6 Å². The maximum absolute atomic E-state index is 13.1. The van der Waals surface area contributed by atoms with E-state index in [9.17, 15) is 18.0 Å². The van der Waals surface area contributed by atoms with E-state index < -0.39 is 10.0 Å². The zero-order valence-corrected chi connectivity index (χ0v) is 21.1. The third-order valence-electron chi connectivity index (χ3n) is 4.83. The van der Waals surface area contributed by atoms with Gasteiger partial charge in [-0.3, -0.25) is 14.5 Å². The van der Waals surface area contributed by atoms with E-state index in [4.69, 9.17) is 4.74 Å². The molecule has 0 saturated carbocycles. The summed E-state index contributed by atoms with van der Waals surface area (Å²) in [5.41, 5.74) is 1.10. The minimum Gasteiger partial charge on any atom is -0.492 e. The van der Waals surface area contributed by atoms with E-state index in [2.05, 4.69) is 15.6 Å². The maximum Gasteiger partial charge on any atom is 0.246 e. The minimum atomic E-state index is -3.80. The van der Waals surface area contributed by atoms with Gasteiger partial charge in [-0.25, -0.2) is 13.4 Å². The Hall–Kier alpha value is -3.02. The van der Waals surface area contributed by atoms with Gasteiger partial charge in [-0.15, -0.1) is 0 Å². The fourth-order valence-corrected chi connectivity index (χ4v) is 4.92. The first-order chi connectivity index (χ1) is 16.1. The lowest BCUT2D eigenvalue weighted by Crippen LogP contribution is -2.36. The van der Waals surface area contributed by atoms with Crippen molar-refractivity contribution >= 4 is 33.3 Å². The van der Waals surface area contributed by atoms with E-state index in [1.807, 2.05) is 13.0 Å². The fourth-order valence-electron chi connectivity index (χ4n) is 3.31. The molecule has 0 fully saturated rings. The predicted octanol–water partition coefficient (Wildman–Crippen LogP) is 2.33. The van der Waals surface area contributed by atoms with Gasteiger partial charge in [0.15, 0.2) is 0 Å². The highest BCUT2D eigenvalue weighted by Gasteiger charge is 2.26. The lowest BCUT2D eigenvalue weighted by molar-refractivity contribution is -0.119. The molecule has 1 aromatic carbocycles. The van der Waals surface area contributed by atoms with Gasteiger partial charge >= 0.3 is 0 Å². The zero-order valence-electron chi connectivity index (χ0n) is 20.3. The lowest BCUT2D eigenvalue weighted by atomic mass is 10.3. The zero-order chi connectivity index (χ0) is 25.3. The van der Waals surface area contributed by atoms with E-state index in [-0.39, 0.29) is 35.5 Å². The number of pyridine rings is 1. The number of benzene rings is 1. The standard InChI is InChI=1S/C23H33N5O5S/c1-6-28(7-2)34(31,32)20-14-18(12-13-19(20)33-8-3)25-22(29)15-27(5)16-23(30)26-21-11-9-10-17(4)24-21/h9-14H,6-8,15-16H2,1-5H3,(H,25,29)(H,24,26,30). The number of nitrogens with one attached hydrogen (secondary N) is 2. The Morgan fingerprint density at radius 2 is 1.65 bits per heavy atom. The van der Waals surface area contributed by atoms with Gasteiger partial charge in [0.05, 0.1) is 19.7 Å². The van der Waals surface area contributed by atoms with Crippen molar-refractivity contribution in [3.8, 4) is 5.75 Å². The van der Waals surface area contributed by atoms with Crippen LogP contribution in [0, 0.1) is 6.92 Å². The Bertz CT molecular complexity index is 1100. The van der Waals surface area contributed by atoms with Crippen molar-refractivity contribution in [2.75, 3.05) is 50.5 Å². The number of nitrogens with zero attached hydrogens (tertiary/aromatic N) is 3. The average Bonchev–Trinajstić information content (AvgIpc) is 2.75. The number of rotatable bonds is 12. The molecule has 2 N–H and O–H groups in total. The van der Waals surface area contributed by atoms with Crippen LogP contribution >= 0.6 is 0 Å². The molecular formula is C23H33N5O5S. The molecule has 1 aromatic heterocycles. The molecule has 0 aliphatic heterocycles. The van der Waals surface area contributed by atoms with Crippen molar-refractivity contribution < 1.29 is 22.7 Å². The first-order valence-electron chi connectivity index (χ1n) is 11.1. The molecule has 34 heavy (non-hydrogen) atoms. The van der Waals surface area contributed by atoms with Crippen LogP contribution in [0.3, 0.4) is 0 Å². The highest BCUT2D eigenvalue weighted by molar-refractivity contribution is 7.89. The highest BCUT2D eigenvalue weighted by Crippen LogP contribution is 2.30. The van der Waals surface area contributed by atoms with Gasteiger partial charge in [0.2, 0.25) is 21.8 Å². The molecule has 0 atom stereocenters. The Morgan fingerprint density at radius 3 is 2.24 bits per heavy atom. The van der Waals surface area contributed by atoms with Crippen molar-refractivity contribution in [2.45, 2.75) is 32.6 Å². The molecule has 0 unspecified atom stereocenters. The number of hydrogen-bond donors (Lipinski definition) is 2. The summed E-state index contributed by atoms with van der Waals surface area (Å²) in [4.78, 5) is 30.5. The van der Waals surface area contributed by atoms with Crippen LogP contribution in [0.15, 0.2) is 41.3 Å². The Morgan fingerprint density at radius 1 is 1.00 bits per heavy atom. The molecule has 0 radical (unpaired) electrons. The second kappa shape index (κ2) is 12.4. The van der Waals surface area contributed by atoms with E-state index in [1.165, 1.54) is 16.4 Å². The SMILES string of the molecule is CCOc1ccc(NC(=O)CN(C)CC(=O)Nc2cccc(C)n2)cc1S(=O)(=O)N(CC)CC. The number of amides is 2. The second-order valence-corrected chi connectivity index (χ2v) is 9.52. The minimum absolute atomic E-state index is 0.00534. The van der Waals surface area contributed by atoms with Gasteiger partial charge in [0.1, 0.15) is 16.5 Å². The molecule has 0 aliphatic rings. The van der Waals surface area contributed by atoms with Crippen LogP contribution in [0.25, 0.3) is 0 Å². The van der Waals surface area contributed by atoms with E-state index >= 15 is 0 Å². The predicted molar refractivity (Wildman–Crippen MR) is 131 cm³/mol. The van der Waals surface area contributed by atoms with E-state index in [1.54, 1.807) is 50.9 Å². The number of hydrogen-bond acceptors (Lipinski definition) is 7. The number of carbonyl (C=O) groups excluding carboxylic acids is 2. The quantitative estimate of drug-likeness (QED) is 0.467.